The first-order valence-electron chi connectivity index (χ1n) is 11.7. The van der Waals surface area contributed by atoms with Gasteiger partial charge in [0.05, 0.1) is 24.0 Å². The summed E-state index contributed by atoms with van der Waals surface area (Å²) < 4.78 is 11.6. The van der Waals surface area contributed by atoms with Gasteiger partial charge in [-0.1, -0.05) is 6.07 Å². The van der Waals surface area contributed by atoms with E-state index in [2.05, 4.69) is 10.3 Å². The molecule has 2 amide bonds. The zero-order valence-electron chi connectivity index (χ0n) is 18.8. The van der Waals surface area contributed by atoms with E-state index in [9.17, 15) is 9.59 Å². The molecule has 0 unspecified atom stereocenters. The molecule has 7 heteroatoms. The van der Waals surface area contributed by atoms with E-state index in [1.165, 1.54) is 12.8 Å². The molecule has 7 nitrogen and oxygen atoms in total. The zero-order valence-corrected chi connectivity index (χ0v) is 18.8. The maximum Gasteiger partial charge on any atom is 0.272 e. The smallest absolute Gasteiger partial charge is 0.272 e. The minimum atomic E-state index is -0.116. The summed E-state index contributed by atoms with van der Waals surface area (Å²) in [5.41, 5.74) is 1.92. The molecule has 2 aliphatic carbocycles. The molecular weight excluding hydrogens is 406 g/mol. The highest BCUT2D eigenvalue weighted by Gasteiger charge is 2.45. The van der Waals surface area contributed by atoms with Crippen LogP contribution in [-0.4, -0.2) is 53.5 Å². The van der Waals surface area contributed by atoms with E-state index in [0.29, 0.717) is 41.3 Å². The fourth-order valence-electron chi connectivity index (χ4n) is 5.15. The minimum Gasteiger partial charge on any atom is -0.469 e. The third-order valence-corrected chi connectivity index (χ3v) is 7.17. The second-order valence-electron chi connectivity index (χ2n) is 9.65. The van der Waals surface area contributed by atoms with Crippen molar-refractivity contribution in [3.05, 3.63) is 53.2 Å². The van der Waals surface area contributed by atoms with Crippen LogP contribution in [0.15, 0.2) is 34.9 Å². The fraction of sp³-hybridized carbons (Fsp3) is 0.560. The molecule has 0 radical (unpaired) electrons. The fourth-order valence-corrected chi connectivity index (χ4v) is 5.15. The maximum atomic E-state index is 13.1. The van der Waals surface area contributed by atoms with E-state index in [1.54, 1.807) is 25.3 Å². The molecule has 1 saturated heterocycles. The standard InChI is InChI=1S/C25H31N3O4/c1-15-4-3-5-21(26-15)25(30)28-12-18-10-22(27-24(29)20-8-9-31-16(20)2)23(11-19(18)13-28)32-14-17-6-7-17/h3-5,8-9,17-19,22-23H,6-7,10-14H2,1-2H3,(H,27,29)/t18-,19+,22-,23-/m0/s1. The van der Waals surface area contributed by atoms with Crippen molar-refractivity contribution in [2.75, 3.05) is 19.7 Å². The van der Waals surface area contributed by atoms with Crippen LogP contribution in [-0.2, 0) is 4.74 Å². The predicted molar refractivity (Wildman–Crippen MR) is 118 cm³/mol. The SMILES string of the molecule is Cc1cccc(C(=O)N2C[C@H]3C[C@H](OCC4CC4)[C@@H](NC(=O)c4ccoc4C)C[C@H]3C2)n1. The molecule has 170 valence electrons. The van der Waals surface area contributed by atoms with Gasteiger partial charge in [0.25, 0.3) is 11.8 Å². The molecule has 3 aliphatic rings. The summed E-state index contributed by atoms with van der Waals surface area (Å²) in [5.74, 6) is 1.89. The molecule has 32 heavy (non-hydrogen) atoms. The number of nitrogens with zero attached hydrogens (tertiary/aromatic N) is 2. The van der Waals surface area contributed by atoms with Crippen molar-refractivity contribution in [2.45, 2.75) is 51.7 Å². The highest BCUT2D eigenvalue weighted by Crippen LogP contribution is 2.39. The van der Waals surface area contributed by atoms with Crippen LogP contribution in [0.25, 0.3) is 0 Å². The van der Waals surface area contributed by atoms with Crippen LogP contribution >= 0.6 is 0 Å². The Hall–Kier alpha value is -2.67. The van der Waals surface area contributed by atoms with Gasteiger partial charge in [0, 0.05) is 25.4 Å². The molecular formula is C25H31N3O4. The van der Waals surface area contributed by atoms with Crippen molar-refractivity contribution in [3.8, 4) is 0 Å². The first-order valence-corrected chi connectivity index (χ1v) is 11.7. The maximum absolute atomic E-state index is 13.1. The molecule has 3 fully saturated rings. The van der Waals surface area contributed by atoms with Gasteiger partial charge in [-0.3, -0.25) is 9.59 Å². The Morgan fingerprint density at radius 3 is 2.62 bits per heavy atom. The topological polar surface area (TPSA) is 84.7 Å². The van der Waals surface area contributed by atoms with Gasteiger partial charge in [0.15, 0.2) is 0 Å². The Balaban J connectivity index is 1.28. The van der Waals surface area contributed by atoms with E-state index in [4.69, 9.17) is 9.15 Å². The van der Waals surface area contributed by atoms with Gasteiger partial charge in [-0.05, 0) is 75.5 Å². The lowest BCUT2D eigenvalue weighted by Gasteiger charge is -2.38. The number of hydrogen-bond donors (Lipinski definition) is 1. The lowest BCUT2D eigenvalue weighted by molar-refractivity contribution is -0.0212. The zero-order chi connectivity index (χ0) is 22.2. The Morgan fingerprint density at radius 1 is 1.16 bits per heavy atom. The summed E-state index contributed by atoms with van der Waals surface area (Å²) in [4.78, 5) is 32.3. The van der Waals surface area contributed by atoms with Crippen molar-refractivity contribution < 1.29 is 18.7 Å². The van der Waals surface area contributed by atoms with Gasteiger partial charge < -0.3 is 19.4 Å². The summed E-state index contributed by atoms with van der Waals surface area (Å²) >= 11 is 0. The largest absolute Gasteiger partial charge is 0.469 e. The summed E-state index contributed by atoms with van der Waals surface area (Å²) in [5, 5.41) is 3.21. The van der Waals surface area contributed by atoms with Crippen molar-refractivity contribution in [1.29, 1.82) is 0 Å². The van der Waals surface area contributed by atoms with Gasteiger partial charge >= 0.3 is 0 Å². The second-order valence-corrected chi connectivity index (χ2v) is 9.65. The van der Waals surface area contributed by atoms with Crippen molar-refractivity contribution in [3.63, 3.8) is 0 Å². The number of carbonyl (C=O) groups is 2. The van der Waals surface area contributed by atoms with Gasteiger partial charge in [0.2, 0.25) is 0 Å². The Morgan fingerprint density at radius 2 is 1.94 bits per heavy atom. The lowest BCUT2D eigenvalue weighted by atomic mass is 9.77. The number of hydrogen-bond acceptors (Lipinski definition) is 5. The number of pyridine rings is 1. The molecule has 1 aliphatic heterocycles. The Labute approximate surface area is 188 Å². The molecule has 1 N–H and O–H groups in total. The van der Waals surface area contributed by atoms with Gasteiger partial charge in [-0.15, -0.1) is 0 Å². The summed E-state index contributed by atoms with van der Waals surface area (Å²) in [6.07, 6.45) is 5.65. The molecule has 2 aromatic rings. The predicted octanol–water partition coefficient (Wildman–Crippen LogP) is 3.37. The third kappa shape index (κ3) is 4.44. The molecule has 0 spiro atoms. The monoisotopic (exact) mass is 437 g/mol. The van der Waals surface area contributed by atoms with E-state index in [0.717, 1.165) is 31.7 Å². The van der Waals surface area contributed by atoms with E-state index in [-0.39, 0.29) is 24.0 Å². The van der Waals surface area contributed by atoms with Crippen molar-refractivity contribution in [2.24, 2.45) is 17.8 Å². The van der Waals surface area contributed by atoms with Crippen LogP contribution in [0.4, 0.5) is 0 Å². The molecule has 2 aromatic heterocycles. The Kier molecular flexibility index (Phi) is 5.76. The number of rotatable bonds is 6. The number of ether oxygens (including phenoxy) is 1. The lowest BCUT2D eigenvalue weighted by Crippen LogP contribution is -2.50. The first-order chi connectivity index (χ1) is 15.5. The number of nitrogens with one attached hydrogen (secondary N) is 1. The number of aromatic nitrogens is 1. The van der Waals surface area contributed by atoms with Crippen LogP contribution < -0.4 is 5.32 Å². The highest BCUT2D eigenvalue weighted by atomic mass is 16.5. The number of fused-ring (bicyclic) bond motifs is 1. The summed E-state index contributed by atoms with van der Waals surface area (Å²) in [6, 6.07) is 7.21. The van der Waals surface area contributed by atoms with Gasteiger partial charge in [-0.2, -0.15) is 0 Å². The number of furan rings is 1. The molecule has 0 bridgehead atoms. The molecule has 4 atom stereocenters. The van der Waals surface area contributed by atoms with Crippen LogP contribution in [0, 0.1) is 31.6 Å². The van der Waals surface area contributed by atoms with Crippen molar-refractivity contribution in [1.82, 2.24) is 15.2 Å². The quantitative estimate of drug-likeness (QED) is 0.749. The number of amides is 2. The van der Waals surface area contributed by atoms with Gasteiger partial charge in [-0.25, -0.2) is 4.98 Å². The van der Waals surface area contributed by atoms with Crippen LogP contribution in [0.3, 0.4) is 0 Å². The third-order valence-electron chi connectivity index (χ3n) is 7.17. The van der Waals surface area contributed by atoms with Crippen LogP contribution in [0.1, 0.15) is 58.0 Å². The highest BCUT2D eigenvalue weighted by molar-refractivity contribution is 5.95. The van der Waals surface area contributed by atoms with Crippen molar-refractivity contribution >= 4 is 11.8 Å². The first kappa shape index (κ1) is 21.2. The normalized spacial score (nSPS) is 27.2. The molecule has 2 saturated carbocycles. The minimum absolute atomic E-state index is 0.00634. The average molecular weight is 438 g/mol. The number of carbonyl (C=O) groups excluding carboxylic acids is 2. The second kappa shape index (κ2) is 8.70. The van der Waals surface area contributed by atoms with Crippen LogP contribution in [0.5, 0.6) is 0 Å². The Bertz CT molecular complexity index is 999. The number of aryl methyl sites for hydroxylation is 2. The van der Waals surface area contributed by atoms with Crippen LogP contribution in [0.2, 0.25) is 0 Å². The number of likely N-dealkylation sites (tertiary alicyclic amines) is 1. The van der Waals surface area contributed by atoms with E-state index < -0.39 is 0 Å². The average Bonchev–Trinajstić information content (AvgIpc) is 3.36. The molecule has 5 rings (SSSR count). The summed E-state index contributed by atoms with van der Waals surface area (Å²) in [6.45, 7) is 5.88. The summed E-state index contributed by atoms with van der Waals surface area (Å²) in [7, 11) is 0. The molecule has 0 aromatic carbocycles. The van der Waals surface area contributed by atoms with Gasteiger partial charge in [0.1, 0.15) is 11.5 Å². The van der Waals surface area contributed by atoms with E-state index in [1.807, 2.05) is 24.0 Å². The molecule has 3 heterocycles. The van der Waals surface area contributed by atoms with E-state index >= 15 is 0 Å².